The maximum absolute atomic E-state index is 11.5. The van der Waals surface area contributed by atoms with Crippen LogP contribution in [0.4, 0.5) is 0 Å². The number of aromatic nitrogens is 2. The maximum atomic E-state index is 11.5. The first-order valence-corrected chi connectivity index (χ1v) is 10.1. The number of hydrogen-bond donors (Lipinski definition) is 0. The van der Waals surface area contributed by atoms with E-state index in [2.05, 4.69) is 28.7 Å². The van der Waals surface area contributed by atoms with Gasteiger partial charge in [0.1, 0.15) is 11.6 Å². The van der Waals surface area contributed by atoms with Crippen LogP contribution in [0, 0.1) is 11.8 Å². The highest BCUT2D eigenvalue weighted by Crippen LogP contribution is 2.32. The van der Waals surface area contributed by atoms with Gasteiger partial charge in [-0.25, -0.2) is 9.97 Å². The van der Waals surface area contributed by atoms with Crippen molar-refractivity contribution in [3.63, 3.8) is 0 Å². The SMILES string of the molecule is CC(=O)[C@H]1CC[C@H](CN2CCC(c3cnc(C(C)C)nc3)CC2)CC1. The van der Waals surface area contributed by atoms with E-state index in [1.807, 2.05) is 12.4 Å². The molecule has 1 aromatic rings. The molecule has 3 rings (SSSR count). The van der Waals surface area contributed by atoms with Gasteiger partial charge in [0.2, 0.25) is 0 Å². The van der Waals surface area contributed by atoms with Crippen LogP contribution in [0.5, 0.6) is 0 Å². The lowest BCUT2D eigenvalue weighted by atomic mass is 9.80. The number of carbonyl (C=O) groups excluding carboxylic acids is 1. The molecule has 2 heterocycles. The van der Waals surface area contributed by atoms with Crippen molar-refractivity contribution in [1.29, 1.82) is 0 Å². The molecule has 1 aliphatic carbocycles. The molecule has 0 N–H and O–H groups in total. The highest BCUT2D eigenvalue weighted by Gasteiger charge is 2.27. The molecule has 4 nitrogen and oxygen atoms in total. The second-order valence-corrected chi connectivity index (χ2v) is 8.43. The lowest BCUT2D eigenvalue weighted by Gasteiger charge is -2.36. The quantitative estimate of drug-likeness (QED) is 0.805. The Bertz CT molecular complexity index is 553. The van der Waals surface area contributed by atoms with Crippen molar-refractivity contribution in [2.24, 2.45) is 11.8 Å². The zero-order valence-electron chi connectivity index (χ0n) is 16.1. The van der Waals surface area contributed by atoms with E-state index >= 15 is 0 Å². The molecule has 4 heteroatoms. The summed E-state index contributed by atoms with van der Waals surface area (Å²) in [5, 5.41) is 0. The van der Waals surface area contributed by atoms with Gasteiger partial charge in [-0.3, -0.25) is 4.79 Å². The van der Waals surface area contributed by atoms with Crippen LogP contribution in [0.3, 0.4) is 0 Å². The lowest BCUT2D eigenvalue weighted by molar-refractivity contribution is -0.121. The van der Waals surface area contributed by atoms with Gasteiger partial charge in [-0.2, -0.15) is 0 Å². The highest BCUT2D eigenvalue weighted by atomic mass is 16.1. The average molecular weight is 344 g/mol. The fourth-order valence-corrected chi connectivity index (χ4v) is 4.42. The number of piperidine rings is 1. The third-order valence-electron chi connectivity index (χ3n) is 6.21. The molecule has 1 aromatic heterocycles. The van der Waals surface area contributed by atoms with Crippen molar-refractivity contribution in [3.05, 3.63) is 23.8 Å². The number of hydrogen-bond acceptors (Lipinski definition) is 4. The molecule has 0 bridgehead atoms. The van der Waals surface area contributed by atoms with E-state index in [1.165, 1.54) is 50.9 Å². The van der Waals surface area contributed by atoms with Gasteiger partial charge in [-0.05, 0) is 75.9 Å². The summed E-state index contributed by atoms with van der Waals surface area (Å²) in [6.45, 7) is 9.62. The lowest BCUT2D eigenvalue weighted by Crippen LogP contribution is -2.37. The average Bonchev–Trinajstić information content (AvgIpc) is 2.63. The van der Waals surface area contributed by atoms with Crippen LogP contribution in [0.2, 0.25) is 0 Å². The number of likely N-dealkylation sites (tertiary alicyclic amines) is 1. The van der Waals surface area contributed by atoms with E-state index in [0.29, 0.717) is 23.5 Å². The molecule has 0 amide bonds. The fourth-order valence-electron chi connectivity index (χ4n) is 4.42. The van der Waals surface area contributed by atoms with Crippen LogP contribution in [0.25, 0.3) is 0 Å². The number of nitrogens with zero attached hydrogens (tertiary/aromatic N) is 3. The van der Waals surface area contributed by atoms with Crippen molar-refractivity contribution in [1.82, 2.24) is 14.9 Å². The van der Waals surface area contributed by atoms with E-state index in [4.69, 9.17) is 0 Å². The zero-order valence-corrected chi connectivity index (χ0v) is 16.1. The first-order valence-electron chi connectivity index (χ1n) is 10.1. The van der Waals surface area contributed by atoms with Crippen LogP contribution < -0.4 is 0 Å². The number of rotatable bonds is 5. The van der Waals surface area contributed by atoms with Gasteiger partial charge in [0, 0.05) is 30.8 Å². The van der Waals surface area contributed by atoms with Crippen molar-refractivity contribution in [2.75, 3.05) is 19.6 Å². The molecule has 0 spiro atoms. The summed E-state index contributed by atoms with van der Waals surface area (Å²) in [6.07, 6.45) is 11.2. The van der Waals surface area contributed by atoms with Gasteiger partial charge >= 0.3 is 0 Å². The fraction of sp³-hybridized carbons (Fsp3) is 0.762. The molecule has 1 aliphatic heterocycles. The third-order valence-corrected chi connectivity index (χ3v) is 6.21. The summed E-state index contributed by atoms with van der Waals surface area (Å²) in [4.78, 5) is 23.2. The Hall–Kier alpha value is -1.29. The van der Waals surface area contributed by atoms with E-state index in [1.54, 1.807) is 6.92 Å². The molecule has 2 fully saturated rings. The predicted molar refractivity (Wildman–Crippen MR) is 101 cm³/mol. The van der Waals surface area contributed by atoms with E-state index < -0.39 is 0 Å². The summed E-state index contributed by atoms with van der Waals surface area (Å²) in [5.41, 5.74) is 1.31. The molecular formula is C21H33N3O. The molecule has 25 heavy (non-hydrogen) atoms. The zero-order chi connectivity index (χ0) is 17.8. The first-order chi connectivity index (χ1) is 12.0. The predicted octanol–water partition coefficient (Wildman–Crippen LogP) is 4.17. The van der Waals surface area contributed by atoms with Gasteiger partial charge in [-0.1, -0.05) is 13.8 Å². The molecule has 1 saturated heterocycles. The second kappa shape index (κ2) is 8.39. The molecule has 0 aromatic carbocycles. The Morgan fingerprint density at radius 1 is 1.08 bits per heavy atom. The summed E-state index contributed by atoms with van der Waals surface area (Å²) < 4.78 is 0. The van der Waals surface area contributed by atoms with Gasteiger partial charge < -0.3 is 4.90 Å². The number of ketones is 1. The normalized spacial score (nSPS) is 26.1. The number of Topliss-reactive ketones (excluding diaryl/α,β-unsaturated/α-hetero) is 1. The first kappa shape index (κ1) is 18.5. The largest absolute Gasteiger partial charge is 0.303 e. The van der Waals surface area contributed by atoms with Crippen molar-refractivity contribution < 1.29 is 4.79 Å². The Kier molecular flexibility index (Phi) is 6.21. The smallest absolute Gasteiger partial charge is 0.132 e. The molecule has 138 valence electrons. The summed E-state index contributed by atoms with van der Waals surface area (Å²) in [5.74, 6) is 3.49. The Morgan fingerprint density at radius 2 is 1.68 bits per heavy atom. The van der Waals surface area contributed by atoms with Crippen LogP contribution in [0.15, 0.2) is 12.4 Å². The summed E-state index contributed by atoms with van der Waals surface area (Å²) >= 11 is 0. The Morgan fingerprint density at radius 3 is 2.20 bits per heavy atom. The van der Waals surface area contributed by atoms with Crippen molar-refractivity contribution in [3.8, 4) is 0 Å². The van der Waals surface area contributed by atoms with Gasteiger partial charge in [0.25, 0.3) is 0 Å². The van der Waals surface area contributed by atoms with Crippen LogP contribution >= 0.6 is 0 Å². The summed E-state index contributed by atoms with van der Waals surface area (Å²) in [6, 6.07) is 0. The van der Waals surface area contributed by atoms with E-state index in [0.717, 1.165) is 24.6 Å². The molecular weight excluding hydrogens is 310 g/mol. The van der Waals surface area contributed by atoms with E-state index in [9.17, 15) is 4.79 Å². The minimum Gasteiger partial charge on any atom is -0.303 e. The minimum absolute atomic E-state index is 0.343. The molecule has 0 atom stereocenters. The van der Waals surface area contributed by atoms with Crippen LogP contribution in [0.1, 0.15) is 82.5 Å². The highest BCUT2D eigenvalue weighted by molar-refractivity contribution is 5.78. The van der Waals surface area contributed by atoms with Crippen molar-refractivity contribution in [2.45, 2.75) is 71.1 Å². The maximum Gasteiger partial charge on any atom is 0.132 e. The molecule has 1 saturated carbocycles. The van der Waals surface area contributed by atoms with Crippen LogP contribution in [-0.2, 0) is 4.79 Å². The van der Waals surface area contributed by atoms with Crippen LogP contribution in [-0.4, -0.2) is 40.3 Å². The Labute approximate surface area is 152 Å². The topological polar surface area (TPSA) is 46.1 Å². The van der Waals surface area contributed by atoms with Crippen molar-refractivity contribution >= 4 is 5.78 Å². The van der Waals surface area contributed by atoms with Gasteiger partial charge in [0.15, 0.2) is 0 Å². The Balaban J connectivity index is 1.44. The third kappa shape index (κ3) is 4.87. The standard InChI is InChI=1S/C21H33N3O/c1-15(2)21-22-12-20(13-23-21)19-8-10-24(11-9-19)14-17-4-6-18(7-5-17)16(3)25/h12-13,15,17-19H,4-11,14H2,1-3H3/t17-,18-. The van der Waals surface area contributed by atoms with E-state index in [-0.39, 0.29) is 0 Å². The van der Waals surface area contributed by atoms with Gasteiger partial charge in [0.05, 0.1) is 0 Å². The molecule has 0 unspecified atom stereocenters. The number of carbonyl (C=O) groups is 1. The summed E-state index contributed by atoms with van der Waals surface area (Å²) in [7, 11) is 0. The molecule has 0 radical (unpaired) electrons. The monoisotopic (exact) mass is 343 g/mol. The van der Waals surface area contributed by atoms with Gasteiger partial charge in [-0.15, -0.1) is 0 Å². The second-order valence-electron chi connectivity index (χ2n) is 8.43. The molecule has 2 aliphatic rings. The minimum atomic E-state index is 0.343.